The van der Waals surface area contributed by atoms with Crippen molar-refractivity contribution < 1.29 is 4.74 Å². The topological polar surface area (TPSA) is 35.2 Å². The summed E-state index contributed by atoms with van der Waals surface area (Å²) in [5.41, 5.74) is 7.95. The Hall–Kier alpha value is -1.03. The lowest BCUT2D eigenvalue weighted by Gasteiger charge is -2.22. The molecule has 0 radical (unpaired) electrons. The van der Waals surface area contributed by atoms with Crippen LogP contribution in [0.4, 0.5) is 0 Å². The lowest BCUT2D eigenvalue weighted by molar-refractivity contribution is 0.211. The largest absolute Gasteiger partial charge is 0.484 e. The number of nitrogens with two attached hydrogens (primary N) is 1. The summed E-state index contributed by atoms with van der Waals surface area (Å²) in [4.78, 5) is 0. The first-order valence-corrected chi connectivity index (χ1v) is 8.10. The maximum absolute atomic E-state index is 6.25. The molecule has 0 aliphatic rings. The van der Waals surface area contributed by atoms with Gasteiger partial charge in [-0.1, -0.05) is 59.6 Å². The highest BCUT2D eigenvalue weighted by Gasteiger charge is 2.17. The molecule has 0 aliphatic carbocycles. The molecule has 1 atom stereocenters. The van der Waals surface area contributed by atoms with E-state index in [1.165, 1.54) is 0 Å². The quantitative estimate of drug-likeness (QED) is 0.776. The van der Waals surface area contributed by atoms with Crippen LogP contribution in [0.25, 0.3) is 0 Å². The molecule has 2 rings (SSSR count). The van der Waals surface area contributed by atoms with E-state index in [2.05, 4.69) is 35.8 Å². The van der Waals surface area contributed by atoms with Crippen molar-refractivity contribution >= 4 is 27.5 Å². The van der Waals surface area contributed by atoms with Gasteiger partial charge >= 0.3 is 0 Å². The lowest BCUT2D eigenvalue weighted by Crippen LogP contribution is -2.19. The van der Waals surface area contributed by atoms with E-state index in [9.17, 15) is 0 Å². The molecule has 0 aromatic heterocycles. The molecule has 0 aliphatic heterocycles. The number of benzene rings is 2. The molecule has 112 valence electrons. The molecule has 21 heavy (non-hydrogen) atoms. The van der Waals surface area contributed by atoms with Gasteiger partial charge in [-0.15, -0.1) is 0 Å². The van der Waals surface area contributed by atoms with Gasteiger partial charge in [-0.3, -0.25) is 0 Å². The average molecular weight is 369 g/mol. The first-order valence-electron chi connectivity index (χ1n) is 6.93. The van der Waals surface area contributed by atoms with Crippen molar-refractivity contribution in [2.45, 2.75) is 25.9 Å². The Kier molecular flexibility index (Phi) is 5.68. The lowest BCUT2D eigenvalue weighted by atomic mass is 10.0. The van der Waals surface area contributed by atoms with Crippen LogP contribution in [-0.2, 0) is 0 Å². The van der Waals surface area contributed by atoms with Crippen molar-refractivity contribution in [2.75, 3.05) is 6.54 Å². The van der Waals surface area contributed by atoms with Gasteiger partial charge in [0.2, 0.25) is 0 Å². The van der Waals surface area contributed by atoms with Crippen molar-refractivity contribution in [3.63, 3.8) is 0 Å². The minimum Gasteiger partial charge on any atom is -0.484 e. The monoisotopic (exact) mass is 367 g/mol. The molecule has 0 bridgehead atoms. The number of rotatable bonds is 5. The Morgan fingerprint density at radius 3 is 2.48 bits per heavy atom. The van der Waals surface area contributed by atoms with Crippen LogP contribution >= 0.6 is 27.5 Å². The molecule has 4 heteroatoms. The summed E-state index contributed by atoms with van der Waals surface area (Å²) in [7, 11) is 0. The van der Waals surface area contributed by atoms with Gasteiger partial charge in [-0.2, -0.15) is 0 Å². The summed E-state index contributed by atoms with van der Waals surface area (Å²) in [6, 6.07) is 13.7. The minimum absolute atomic E-state index is 0.252. The van der Waals surface area contributed by atoms with Crippen LogP contribution in [0.2, 0.25) is 5.02 Å². The van der Waals surface area contributed by atoms with Crippen LogP contribution < -0.4 is 10.5 Å². The van der Waals surface area contributed by atoms with Crippen molar-refractivity contribution in [1.29, 1.82) is 0 Å². The number of ether oxygens (including phenoxy) is 1. The molecule has 0 fully saturated rings. The molecule has 2 aromatic rings. The highest BCUT2D eigenvalue weighted by molar-refractivity contribution is 9.10. The van der Waals surface area contributed by atoms with Crippen molar-refractivity contribution in [2.24, 2.45) is 5.73 Å². The molecular formula is C17H19BrClNO. The fourth-order valence-corrected chi connectivity index (χ4v) is 2.84. The standard InChI is InChI=1S/C17H19BrClNO/c1-11(2)14-9-12(18)7-8-16(14)21-17(10-20)13-5-3-4-6-15(13)19/h3-9,11,17H,10,20H2,1-2H3. The van der Waals surface area contributed by atoms with E-state index in [4.69, 9.17) is 22.1 Å². The molecule has 2 nitrogen and oxygen atoms in total. The molecule has 0 spiro atoms. The van der Waals surface area contributed by atoms with Crippen molar-refractivity contribution in [3.05, 3.63) is 63.1 Å². The van der Waals surface area contributed by atoms with Crippen LogP contribution in [0, 0.1) is 0 Å². The molecular weight excluding hydrogens is 350 g/mol. The summed E-state index contributed by atoms with van der Waals surface area (Å²) in [6.45, 7) is 4.65. The van der Waals surface area contributed by atoms with Crippen LogP contribution in [0.3, 0.4) is 0 Å². The fraction of sp³-hybridized carbons (Fsp3) is 0.294. The zero-order valence-corrected chi connectivity index (χ0v) is 14.5. The second-order valence-electron chi connectivity index (χ2n) is 5.20. The Morgan fingerprint density at radius 2 is 1.86 bits per heavy atom. The number of halogens is 2. The van der Waals surface area contributed by atoms with Gasteiger partial charge in [0.1, 0.15) is 11.9 Å². The van der Waals surface area contributed by atoms with E-state index in [1.807, 2.05) is 36.4 Å². The molecule has 2 N–H and O–H groups in total. The first kappa shape index (κ1) is 16.3. The Balaban J connectivity index is 2.33. The minimum atomic E-state index is -0.252. The summed E-state index contributed by atoms with van der Waals surface area (Å²) < 4.78 is 7.19. The van der Waals surface area contributed by atoms with E-state index in [0.29, 0.717) is 17.5 Å². The van der Waals surface area contributed by atoms with E-state index in [1.54, 1.807) is 0 Å². The van der Waals surface area contributed by atoms with Crippen LogP contribution in [0.5, 0.6) is 5.75 Å². The summed E-state index contributed by atoms with van der Waals surface area (Å²) in [5, 5.41) is 0.677. The maximum Gasteiger partial charge on any atom is 0.137 e. The zero-order chi connectivity index (χ0) is 15.4. The van der Waals surface area contributed by atoms with E-state index >= 15 is 0 Å². The summed E-state index contributed by atoms with van der Waals surface area (Å²) in [5.74, 6) is 1.21. The second-order valence-corrected chi connectivity index (χ2v) is 6.52. The predicted octanol–water partition coefficient (Wildman–Crippen LogP) is 5.30. The summed E-state index contributed by atoms with van der Waals surface area (Å²) in [6.07, 6.45) is -0.252. The van der Waals surface area contributed by atoms with Gasteiger partial charge in [-0.25, -0.2) is 0 Å². The number of hydrogen-bond acceptors (Lipinski definition) is 2. The third-order valence-corrected chi connectivity index (χ3v) is 4.17. The summed E-state index contributed by atoms with van der Waals surface area (Å²) >= 11 is 9.75. The Bertz CT molecular complexity index is 615. The Morgan fingerprint density at radius 1 is 1.14 bits per heavy atom. The van der Waals surface area contributed by atoms with E-state index < -0.39 is 0 Å². The number of hydrogen-bond donors (Lipinski definition) is 1. The average Bonchev–Trinajstić information content (AvgIpc) is 2.46. The highest BCUT2D eigenvalue weighted by Crippen LogP contribution is 2.33. The normalized spacial score (nSPS) is 12.5. The smallest absolute Gasteiger partial charge is 0.137 e. The molecule has 0 saturated carbocycles. The first-order chi connectivity index (χ1) is 10.0. The highest BCUT2D eigenvalue weighted by atomic mass is 79.9. The van der Waals surface area contributed by atoms with Gasteiger partial charge in [0.15, 0.2) is 0 Å². The van der Waals surface area contributed by atoms with Crippen LogP contribution in [0.15, 0.2) is 46.9 Å². The third kappa shape index (κ3) is 4.00. The molecule has 0 saturated heterocycles. The molecule has 0 amide bonds. The Labute approximate surface area is 139 Å². The SMILES string of the molecule is CC(C)c1cc(Br)ccc1OC(CN)c1ccccc1Cl. The molecule has 0 heterocycles. The maximum atomic E-state index is 6.25. The van der Waals surface area contributed by atoms with Gasteiger partial charge in [0, 0.05) is 21.6 Å². The van der Waals surface area contributed by atoms with Crippen LogP contribution in [0.1, 0.15) is 37.0 Å². The van der Waals surface area contributed by atoms with Crippen molar-refractivity contribution in [1.82, 2.24) is 0 Å². The molecule has 1 unspecified atom stereocenters. The van der Waals surface area contributed by atoms with E-state index in [-0.39, 0.29) is 6.10 Å². The van der Waals surface area contributed by atoms with Gasteiger partial charge < -0.3 is 10.5 Å². The predicted molar refractivity (Wildman–Crippen MR) is 92.1 cm³/mol. The van der Waals surface area contributed by atoms with Gasteiger partial charge in [0.05, 0.1) is 0 Å². The van der Waals surface area contributed by atoms with Gasteiger partial charge in [0.25, 0.3) is 0 Å². The fourth-order valence-electron chi connectivity index (χ4n) is 2.21. The second kappa shape index (κ2) is 7.30. The molecule has 2 aromatic carbocycles. The third-order valence-electron chi connectivity index (χ3n) is 3.33. The zero-order valence-electron chi connectivity index (χ0n) is 12.1. The van der Waals surface area contributed by atoms with E-state index in [0.717, 1.165) is 21.3 Å². The van der Waals surface area contributed by atoms with Crippen LogP contribution in [-0.4, -0.2) is 6.54 Å². The van der Waals surface area contributed by atoms with Gasteiger partial charge in [-0.05, 0) is 35.7 Å². The van der Waals surface area contributed by atoms with Crippen molar-refractivity contribution in [3.8, 4) is 5.75 Å².